The van der Waals surface area contributed by atoms with E-state index in [2.05, 4.69) is 0 Å². The number of carbonyl (C=O) groups excluding carboxylic acids is 2. The van der Waals surface area contributed by atoms with Gasteiger partial charge in [0.2, 0.25) is 0 Å². The molecule has 0 heterocycles. The minimum atomic E-state index is -0.930. The van der Waals surface area contributed by atoms with Gasteiger partial charge in [-0.25, -0.2) is 0 Å². The Bertz CT molecular complexity index is 410. The van der Waals surface area contributed by atoms with Crippen molar-refractivity contribution in [1.29, 1.82) is 0 Å². The molecule has 0 aliphatic heterocycles. The SMILES string of the molecule is CCOC(=O)C(Cc1ccc(Cl)cc1)C(=O)OCC. The highest BCUT2D eigenvalue weighted by Gasteiger charge is 2.29. The molecule has 1 aromatic carbocycles. The van der Waals surface area contributed by atoms with Crippen molar-refractivity contribution in [2.24, 2.45) is 5.92 Å². The molecule has 0 radical (unpaired) electrons. The Morgan fingerprint density at radius 1 is 1.05 bits per heavy atom. The highest BCUT2D eigenvalue weighted by molar-refractivity contribution is 6.30. The number of carbonyl (C=O) groups is 2. The van der Waals surface area contributed by atoms with Crippen molar-refractivity contribution in [3.05, 3.63) is 34.9 Å². The largest absolute Gasteiger partial charge is 0.465 e. The first kappa shape index (κ1) is 15.5. The predicted octanol–water partition coefficient (Wildman–Crippen LogP) is 2.62. The van der Waals surface area contributed by atoms with E-state index in [1.165, 1.54) is 0 Å². The first-order valence-electron chi connectivity index (χ1n) is 6.16. The molecule has 0 aliphatic rings. The van der Waals surface area contributed by atoms with Crippen molar-refractivity contribution in [1.82, 2.24) is 0 Å². The fourth-order valence-electron chi connectivity index (χ4n) is 1.60. The van der Waals surface area contributed by atoms with Crippen LogP contribution in [0.25, 0.3) is 0 Å². The summed E-state index contributed by atoms with van der Waals surface area (Å²) in [6.45, 7) is 3.86. The van der Waals surface area contributed by atoms with Crippen LogP contribution in [0.5, 0.6) is 0 Å². The van der Waals surface area contributed by atoms with Crippen LogP contribution in [0.4, 0.5) is 0 Å². The van der Waals surface area contributed by atoms with Gasteiger partial charge >= 0.3 is 11.9 Å². The minimum absolute atomic E-state index is 0.232. The molecule has 5 heteroatoms. The number of esters is 2. The van der Waals surface area contributed by atoms with E-state index in [4.69, 9.17) is 21.1 Å². The van der Waals surface area contributed by atoms with Gasteiger partial charge in [-0.15, -0.1) is 0 Å². The maximum absolute atomic E-state index is 11.8. The van der Waals surface area contributed by atoms with Gasteiger partial charge in [-0.2, -0.15) is 0 Å². The smallest absolute Gasteiger partial charge is 0.320 e. The van der Waals surface area contributed by atoms with E-state index in [1.54, 1.807) is 38.1 Å². The molecule has 19 heavy (non-hydrogen) atoms. The average molecular weight is 285 g/mol. The monoisotopic (exact) mass is 284 g/mol. The molecule has 0 fully saturated rings. The summed E-state index contributed by atoms with van der Waals surface area (Å²) in [5, 5.41) is 0.604. The quantitative estimate of drug-likeness (QED) is 0.595. The summed E-state index contributed by atoms with van der Waals surface area (Å²) in [7, 11) is 0. The second-order valence-electron chi connectivity index (χ2n) is 3.89. The maximum atomic E-state index is 11.8. The molecule has 0 aliphatic carbocycles. The molecule has 0 amide bonds. The van der Waals surface area contributed by atoms with Gasteiger partial charge in [-0.05, 0) is 38.0 Å². The normalized spacial score (nSPS) is 10.3. The summed E-state index contributed by atoms with van der Waals surface area (Å²) >= 11 is 5.79. The van der Waals surface area contributed by atoms with Crippen LogP contribution in [0.1, 0.15) is 19.4 Å². The Morgan fingerprint density at radius 2 is 1.53 bits per heavy atom. The van der Waals surface area contributed by atoms with Crippen molar-refractivity contribution in [3.63, 3.8) is 0 Å². The van der Waals surface area contributed by atoms with Crippen LogP contribution in [-0.2, 0) is 25.5 Å². The molecule has 104 valence electrons. The second-order valence-corrected chi connectivity index (χ2v) is 4.32. The van der Waals surface area contributed by atoms with Crippen LogP contribution in [0.3, 0.4) is 0 Å². The van der Waals surface area contributed by atoms with E-state index in [1.807, 2.05) is 0 Å². The predicted molar refractivity (Wildman–Crippen MR) is 71.9 cm³/mol. The topological polar surface area (TPSA) is 52.6 Å². The summed E-state index contributed by atoms with van der Waals surface area (Å²) in [6.07, 6.45) is 0.245. The second kappa shape index (κ2) is 7.79. The lowest BCUT2D eigenvalue weighted by molar-refractivity contribution is -0.161. The molecule has 0 bridgehead atoms. The Kier molecular flexibility index (Phi) is 6.36. The van der Waals surface area contributed by atoms with Gasteiger partial charge in [0.15, 0.2) is 5.92 Å². The highest BCUT2D eigenvalue weighted by atomic mass is 35.5. The number of halogens is 1. The average Bonchev–Trinajstić information content (AvgIpc) is 2.38. The number of rotatable bonds is 6. The van der Waals surface area contributed by atoms with E-state index in [0.29, 0.717) is 5.02 Å². The molecule has 1 rings (SSSR count). The van der Waals surface area contributed by atoms with Crippen molar-refractivity contribution in [3.8, 4) is 0 Å². The van der Waals surface area contributed by atoms with Gasteiger partial charge in [0.25, 0.3) is 0 Å². The summed E-state index contributed by atoms with van der Waals surface area (Å²) in [5.41, 5.74) is 0.829. The van der Waals surface area contributed by atoms with Gasteiger partial charge in [0.05, 0.1) is 13.2 Å². The lowest BCUT2D eigenvalue weighted by Crippen LogP contribution is -2.30. The molecule has 4 nitrogen and oxygen atoms in total. The molecule has 0 aromatic heterocycles. The van der Waals surface area contributed by atoms with Crippen molar-refractivity contribution in [2.45, 2.75) is 20.3 Å². The Hall–Kier alpha value is -1.55. The van der Waals surface area contributed by atoms with E-state index in [0.717, 1.165) is 5.56 Å². The summed E-state index contributed by atoms with van der Waals surface area (Å²) in [6, 6.07) is 6.97. The van der Waals surface area contributed by atoms with Crippen LogP contribution in [0.15, 0.2) is 24.3 Å². The Balaban J connectivity index is 2.81. The zero-order valence-corrected chi connectivity index (χ0v) is 11.8. The molecule has 0 saturated carbocycles. The number of hydrogen-bond donors (Lipinski definition) is 0. The third-order valence-electron chi connectivity index (χ3n) is 2.50. The van der Waals surface area contributed by atoms with Crippen LogP contribution in [0, 0.1) is 5.92 Å². The van der Waals surface area contributed by atoms with Gasteiger partial charge in [0, 0.05) is 5.02 Å². The number of ether oxygens (including phenoxy) is 2. The van der Waals surface area contributed by atoms with Crippen molar-refractivity contribution < 1.29 is 19.1 Å². The summed E-state index contributed by atoms with van der Waals surface area (Å²) < 4.78 is 9.80. The van der Waals surface area contributed by atoms with Gasteiger partial charge in [-0.3, -0.25) is 9.59 Å². The lowest BCUT2D eigenvalue weighted by atomic mass is 9.99. The highest BCUT2D eigenvalue weighted by Crippen LogP contribution is 2.15. The van der Waals surface area contributed by atoms with Crippen LogP contribution in [-0.4, -0.2) is 25.2 Å². The van der Waals surface area contributed by atoms with Crippen molar-refractivity contribution >= 4 is 23.5 Å². The van der Waals surface area contributed by atoms with E-state index in [9.17, 15) is 9.59 Å². The van der Waals surface area contributed by atoms with Crippen LogP contribution in [0.2, 0.25) is 5.02 Å². The zero-order chi connectivity index (χ0) is 14.3. The maximum Gasteiger partial charge on any atom is 0.320 e. The molecule has 0 unspecified atom stereocenters. The molecule has 0 atom stereocenters. The minimum Gasteiger partial charge on any atom is -0.465 e. The Labute approximate surface area is 117 Å². The molecular formula is C14H17ClO4. The third kappa shape index (κ3) is 4.91. The molecule has 0 N–H and O–H groups in total. The first-order valence-corrected chi connectivity index (χ1v) is 6.54. The van der Waals surface area contributed by atoms with Gasteiger partial charge in [0.1, 0.15) is 0 Å². The summed E-state index contributed by atoms with van der Waals surface area (Å²) in [4.78, 5) is 23.6. The van der Waals surface area contributed by atoms with Gasteiger partial charge < -0.3 is 9.47 Å². The zero-order valence-electron chi connectivity index (χ0n) is 11.0. The standard InChI is InChI=1S/C14H17ClO4/c1-3-18-13(16)12(14(17)19-4-2)9-10-5-7-11(15)8-6-10/h5-8,12H,3-4,9H2,1-2H3. The molecule has 0 saturated heterocycles. The van der Waals surface area contributed by atoms with Gasteiger partial charge in [-0.1, -0.05) is 23.7 Å². The van der Waals surface area contributed by atoms with E-state index in [-0.39, 0.29) is 19.6 Å². The van der Waals surface area contributed by atoms with Crippen LogP contribution < -0.4 is 0 Å². The fourth-order valence-corrected chi connectivity index (χ4v) is 1.73. The molecular weight excluding hydrogens is 268 g/mol. The first-order chi connectivity index (χ1) is 9.08. The van der Waals surface area contributed by atoms with Crippen molar-refractivity contribution in [2.75, 3.05) is 13.2 Å². The number of benzene rings is 1. The summed E-state index contributed by atoms with van der Waals surface area (Å²) in [5.74, 6) is -2.05. The Morgan fingerprint density at radius 3 is 1.95 bits per heavy atom. The fraction of sp³-hybridized carbons (Fsp3) is 0.429. The van der Waals surface area contributed by atoms with E-state index < -0.39 is 17.9 Å². The lowest BCUT2D eigenvalue weighted by Gasteiger charge is -2.14. The van der Waals surface area contributed by atoms with Crippen LogP contribution >= 0.6 is 11.6 Å². The molecule has 1 aromatic rings. The molecule has 0 spiro atoms. The van der Waals surface area contributed by atoms with E-state index >= 15 is 0 Å². The number of hydrogen-bond acceptors (Lipinski definition) is 4. The third-order valence-corrected chi connectivity index (χ3v) is 2.75.